The van der Waals surface area contributed by atoms with E-state index in [1.807, 2.05) is 0 Å². The third-order valence-corrected chi connectivity index (χ3v) is 6.28. The third kappa shape index (κ3) is 8.04. The van der Waals surface area contributed by atoms with Crippen LogP contribution in [0.1, 0.15) is 62.9 Å². The van der Waals surface area contributed by atoms with Gasteiger partial charge in [-0.2, -0.15) is 13.2 Å². The minimum Gasteiger partial charge on any atom is -0.493 e. The molecule has 0 aliphatic carbocycles. The van der Waals surface area contributed by atoms with Gasteiger partial charge in [-0.05, 0) is 31.5 Å². The summed E-state index contributed by atoms with van der Waals surface area (Å²) in [5.74, 6) is -0.219. The fourth-order valence-electron chi connectivity index (χ4n) is 2.90. The summed E-state index contributed by atoms with van der Waals surface area (Å²) in [5.41, 5.74) is 4.16. The number of hydrogen-bond acceptors (Lipinski definition) is 7. The van der Waals surface area contributed by atoms with E-state index in [9.17, 15) is 17.7 Å². The summed E-state index contributed by atoms with van der Waals surface area (Å²) in [7, 11) is -2.84. The molecule has 3 N–H and O–H groups in total. The Labute approximate surface area is 190 Å². The van der Waals surface area contributed by atoms with Gasteiger partial charge in [0.15, 0.2) is 0 Å². The fraction of sp³-hybridized carbons (Fsp3) is 0.600. The zero-order valence-corrected chi connectivity index (χ0v) is 19.7. The van der Waals surface area contributed by atoms with Gasteiger partial charge in [0.25, 0.3) is 0 Å². The molecular formula is C20H28F3N3O4PS+. The average Bonchev–Trinajstić information content (AvgIpc) is 3.22. The highest BCUT2D eigenvalue weighted by Gasteiger charge is 2.36. The van der Waals surface area contributed by atoms with Gasteiger partial charge in [0.1, 0.15) is 22.4 Å². The van der Waals surface area contributed by atoms with Crippen molar-refractivity contribution in [1.29, 1.82) is 0 Å². The van der Waals surface area contributed by atoms with Crippen molar-refractivity contribution in [3.05, 3.63) is 28.8 Å². The van der Waals surface area contributed by atoms with Crippen LogP contribution in [0.3, 0.4) is 0 Å². The number of alkyl halides is 3. The minimum absolute atomic E-state index is 0.218. The summed E-state index contributed by atoms with van der Waals surface area (Å²) in [4.78, 5) is 8.78. The van der Waals surface area contributed by atoms with Crippen molar-refractivity contribution in [2.75, 3.05) is 13.2 Å². The summed E-state index contributed by atoms with van der Waals surface area (Å²) in [6, 6.07) is 3.76. The van der Waals surface area contributed by atoms with E-state index in [4.69, 9.17) is 15.4 Å². The molecule has 178 valence electrons. The fourth-order valence-corrected chi connectivity index (χ4v) is 4.16. The monoisotopic (exact) mass is 494 g/mol. The molecule has 12 heteroatoms. The van der Waals surface area contributed by atoms with Crippen LogP contribution in [0.5, 0.6) is 5.75 Å². The van der Waals surface area contributed by atoms with E-state index < -0.39 is 25.5 Å². The van der Waals surface area contributed by atoms with Crippen LogP contribution >= 0.6 is 19.6 Å². The molecule has 2 atom stereocenters. The molecule has 7 nitrogen and oxygen atoms in total. The van der Waals surface area contributed by atoms with Gasteiger partial charge in [-0.1, -0.05) is 50.4 Å². The number of ether oxygens (including phenoxy) is 1. The number of nitrogens with zero attached hydrogens (tertiary/aromatic N) is 2. The van der Waals surface area contributed by atoms with Crippen molar-refractivity contribution < 1.29 is 31.9 Å². The highest BCUT2D eigenvalue weighted by Crippen LogP contribution is 2.40. The summed E-state index contributed by atoms with van der Waals surface area (Å²) in [6.07, 6.45) is 1.47. The van der Waals surface area contributed by atoms with Gasteiger partial charge in [-0.3, -0.25) is 0 Å². The Bertz CT molecular complexity index is 893. The maximum Gasteiger partial charge on any atom is 0.694 e. The molecule has 0 amide bonds. The zero-order chi connectivity index (χ0) is 23.8. The number of hydrogen-bond donors (Lipinski definition) is 2. The van der Waals surface area contributed by atoms with E-state index in [0.717, 1.165) is 49.5 Å². The first-order chi connectivity index (χ1) is 15.0. The van der Waals surface area contributed by atoms with Crippen molar-refractivity contribution in [2.24, 2.45) is 5.73 Å². The average molecular weight is 494 g/mol. The smallest absolute Gasteiger partial charge is 0.493 e. The molecule has 1 aromatic carbocycles. The molecule has 1 unspecified atom stereocenters. The van der Waals surface area contributed by atoms with Crippen molar-refractivity contribution >= 4 is 19.6 Å². The molecule has 32 heavy (non-hydrogen) atoms. The van der Waals surface area contributed by atoms with Crippen LogP contribution in [0.25, 0.3) is 10.6 Å². The largest absolute Gasteiger partial charge is 0.694 e. The first-order valence-corrected chi connectivity index (χ1v) is 12.3. The lowest BCUT2D eigenvalue weighted by atomic mass is 10.1. The number of unbranched alkanes of at least 4 members (excludes halogenated alkanes) is 5. The maximum atomic E-state index is 13.6. The Morgan fingerprint density at radius 3 is 2.50 bits per heavy atom. The van der Waals surface area contributed by atoms with Crippen molar-refractivity contribution in [3.63, 3.8) is 0 Å². The lowest BCUT2D eigenvalue weighted by Gasteiger charge is -2.16. The second kappa shape index (κ2) is 12.0. The number of nitrogens with two attached hydrogens (primary N) is 1. The van der Waals surface area contributed by atoms with Crippen LogP contribution in [0.2, 0.25) is 0 Å². The Kier molecular flexibility index (Phi) is 9.97. The lowest BCUT2D eigenvalue weighted by Crippen LogP contribution is -2.37. The predicted octanol–water partition coefficient (Wildman–Crippen LogP) is 5.80. The predicted molar refractivity (Wildman–Crippen MR) is 117 cm³/mol. The molecule has 1 aromatic heterocycles. The Morgan fingerprint density at radius 1 is 1.16 bits per heavy atom. The van der Waals surface area contributed by atoms with Crippen molar-refractivity contribution in [2.45, 2.75) is 64.1 Å². The number of rotatable bonds is 13. The van der Waals surface area contributed by atoms with E-state index in [2.05, 4.69) is 21.6 Å². The van der Waals surface area contributed by atoms with Crippen LogP contribution in [-0.2, 0) is 20.8 Å². The summed E-state index contributed by atoms with van der Waals surface area (Å²) >= 11 is 0.989. The molecule has 0 radical (unpaired) electrons. The van der Waals surface area contributed by atoms with Gasteiger partial charge in [-0.15, -0.1) is 19.6 Å². The Hall–Kier alpha value is -1.65. The van der Waals surface area contributed by atoms with Crippen LogP contribution < -0.4 is 10.5 Å². The highest BCUT2D eigenvalue weighted by atomic mass is 32.1. The van der Waals surface area contributed by atoms with E-state index in [-0.39, 0.29) is 34.5 Å². The summed E-state index contributed by atoms with van der Waals surface area (Å²) < 4.78 is 61.7. The molecular weight excluding hydrogens is 466 g/mol. The highest BCUT2D eigenvalue weighted by molar-refractivity contribution is 7.32. The third-order valence-electron chi connectivity index (χ3n) is 4.68. The second-order valence-corrected chi connectivity index (χ2v) is 9.38. The van der Waals surface area contributed by atoms with Crippen molar-refractivity contribution in [1.82, 2.24) is 10.2 Å². The van der Waals surface area contributed by atoms with Gasteiger partial charge < -0.3 is 10.5 Å². The molecule has 0 aliphatic heterocycles. The standard InChI is InChI=1S/C20H27F3N3O4PS/c1-3-4-5-6-7-8-11-29-16-10-9-14(12-15(16)20(21,22)23)17-25-26-18(32-17)19(2,24)13-30-31(27)28/h9-10,12H,3-8,11,13,24H2,1-2H3/p+1/t19-/m0/s1. The molecule has 0 aliphatic rings. The molecule has 0 bridgehead atoms. The van der Waals surface area contributed by atoms with Gasteiger partial charge in [0, 0.05) is 10.1 Å². The first kappa shape index (κ1) is 26.6. The maximum absolute atomic E-state index is 13.6. The topological polar surface area (TPSA) is 108 Å². The molecule has 1 heterocycles. The van der Waals surface area contributed by atoms with Crippen LogP contribution in [0.15, 0.2) is 18.2 Å². The van der Waals surface area contributed by atoms with Crippen LogP contribution in [-0.4, -0.2) is 28.3 Å². The molecule has 0 saturated heterocycles. The van der Waals surface area contributed by atoms with Gasteiger partial charge in [-0.25, -0.2) is 0 Å². The van der Waals surface area contributed by atoms with Gasteiger partial charge >= 0.3 is 14.4 Å². The van der Waals surface area contributed by atoms with Crippen molar-refractivity contribution in [3.8, 4) is 16.3 Å². The molecule has 0 fully saturated rings. The molecule has 2 aromatic rings. The van der Waals surface area contributed by atoms with Crippen LogP contribution in [0, 0.1) is 0 Å². The Balaban J connectivity index is 2.12. The number of benzene rings is 1. The van der Waals surface area contributed by atoms with E-state index in [1.54, 1.807) is 0 Å². The van der Waals surface area contributed by atoms with Gasteiger partial charge in [0.05, 0.1) is 17.7 Å². The minimum atomic E-state index is -4.59. The van der Waals surface area contributed by atoms with E-state index >= 15 is 0 Å². The summed E-state index contributed by atoms with van der Waals surface area (Å²) in [6.45, 7) is 3.57. The molecule has 0 saturated carbocycles. The SMILES string of the molecule is CCCCCCCCOc1ccc(-c2nnc([C@@](C)(N)CO[P+](=O)O)s2)cc1C(F)(F)F. The normalized spacial score (nSPS) is 14.3. The van der Waals surface area contributed by atoms with E-state index in [0.29, 0.717) is 6.42 Å². The first-order valence-electron chi connectivity index (χ1n) is 10.3. The Morgan fingerprint density at radius 2 is 1.84 bits per heavy atom. The lowest BCUT2D eigenvalue weighted by molar-refractivity contribution is -0.138. The molecule has 2 rings (SSSR count). The summed E-state index contributed by atoms with van der Waals surface area (Å²) in [5, 5.41) is 8.35. The quantitative estimate of drug-likeness (QED) is 0.268. The zero-order valence-electron chi connectivity index (χ0n) is 18.0. The molecule has 0 spiro atoms. The van der Waals surface area contributed by atoms with Crippen LogP contribution in [0.4, 0.5) is 13.2 Å². The van der Waals surface area contributed by atoms with Gasteiger partial charge in [0.2, 0.25) is 0 Å². The van der Waals surface area contributed by atoms with E-state index in [1.165, 1.54) is 19.1 Å². The number of aromatic nitrogens is 2. The number of halogens is 3. The second-order valence-electron chi connectivity index (χ2n) is 7.67.